The molecule has 0 fully saturated rings. The third kappa shape index (κ3) is 3.04. The molecule has 0 saturated heterocycles. The van der Waals surface area contributed by atoms with Crippen molar-refractivity contribution in [2.24, 2.45) is 5.14 Å². The number of primary sulfonamides is 1. The van der Waals surface area contributed by atoms with Crippen molar-refractivity contribution < 1.29 is 8.42 Å². The van der Waals surface area contributed by atoms with Crippen LogP contribution in [0.3, 0.4) is 0 Å². The molecular formula is C11H18N2O2S. The molecule has 0 spiro atoms. The molecule has 0 aliphatic rings. The molecule has 0 aliphatic carbocycles. The summed E-state index contributed by atoms with van der Waals surface area (Å²) in [5.41, 5.74) is 2.74. The van der Waals surface area contributed by atoms with Gasteiger partial charge in [-0.05, 0) is 43.1 Å². The Morgan fingerprint density at radius 2 is 1.88 bits per heavy atom. The summed E-state index contributed by atoms with van der Waals surface area (Å²) in [6.45, 7) is 7.23. The normalized spacial score (nSPS) is 11.8. The number of hydrogen-bond donors (Lipinski definition) is 2. The van der Waals surface area contributed by atoms with E-state index in [9.17, 15) is 8.42 Å². The van der Waals surface area contributed by atoms with Crippen LogP contribution >= 0.6 is 0 Å². The summed E-state index contributed by atoms with van der Waals surface area (Å²) in [5.74, 6) is 0. The Kier molecular flexibility index (Phi) is 4.07. The summed E-state index contributed by atoms with van der Waals surface area (Å²) >= 11 is 0. The topological polar surface area (TPSA) is 72.2 Å². The van der Waals surface area contributed by atoms with Gasteiger partial charge in [-0.25, -0.2) is 13.6 Å². The van der Waals surface area contributed by atoms with Gasteiger partial charge in [0, 0.05) is 6.54 Å². The van der Waals surface area contributed by atoms with E-state index in [4.69, 9.17) is 5.14 Å². The molecule has 1 aromatic carbocycles. The van der Waals surface area contributed by atoms with Gasteiger partial charge in [0.1, 0.15) is 0 Å². The van der Waals surface area contributed by atoms with Crippen LogP contribution in [0.4, 0.5) is 0 Å². The molecule has 0 aromatic heterocycles. The van der Waals surface area contributed by atoms with Crippen molar-refractivity contribution in [3.63, 3.8) is 0 Å². The van der Waals surface area contributed by atoms with Crippen molar-refractivity contribution in [2.75, 3.05) is 6.54 Å². The number of benzene rings is 1. The zero-order valence-corrected chi connectivity index (χ0v) is 10.7. The minimum atomic E-state index is -3.63. The monoisotopic (exact) mass is 242 g/mol. The smallest absolute Gasteiger partial charge is 0.238 e. The van der Waals surface area contributed by atoms with Crippen molar-refractivity contribution in [2.45, 2.75) is 32.2 Å². The first-order valence-corrected chi connectivity index (χ1v) is 6.74. The molecule has 90 valence electrons. The first-order valence-electron chi connectivity index (χ1n) is 5.20. The number of hydrogen-bond acceptors (Lipinski definition) is 3. The molecule has 0 heterocycles. The summed E-state index contributed by atoms with van der Waals surface area (Å²) in [4.78, 5) is 0.214. The molecule has 1 aromatic rings. The molecule has 5 heteroatoms. The van der Waals surface area contributed by atoms with E-state index in [0.717, 1.165) is 17.7 Å². The van der Waals surface area contributed by atoms with E-state index in [1.165, 1.54) is 0 Å². The van der Waals surface area contributed by atoms with Gasteiger partial charge in [-0.15, -0.1) is 0 Å². The molecule has 0 atom stereocenters. The van der Waals surface area contributed by atoms with Crippen LogP contribution in [0.2, 0.25) is 0 Å². The Hall–Kier alpha value is -0.910. The number of nitrogens with two attached hydrogens (primary N) is 1. The predicted octanol–water partition coefficient (Wildman–Crippen LogP) is 1.06. The summed E-state index contributed by atoms with van der Waals surface area (Å²) in [5, 5.41) is 8.32. The zero-order valence-electron chi connectivity index (χ0n) is 9.87. The van der Waals surface area contributed by atoms with Crippen molar-refractivity contribution in [3.05, 3.63) is 28.8 Å². The maximum Gasteiger partial charge on any atom is 0.238 e. The van der Waals surface area contributed by atoms with Gasteiger partial charge in [0.15, 0.2) is 0 Å². The van der Waals surface area contributed by atoms with Gasteiger partial charge in [-0.1, -0.05) is 13.0 Å². The zero-order chi connectivity index (χ0) is 12.3. The van der Waals surface area contributed by atoms with Gasteiger partial charge >= 0.3 is 0 Å². The summed E-state index contributed by atoms with van der Waals surface area (Å²) in [7, 11) is -3.63. The second-order valence-electron chi connectivity index (χ2n) is 3.87. The number of nitrogens with one attached hydrogen (secondary N) is 1. The second kappa shape index (κ2) is 4.95. The van der Waals surface area contributed by atoms with Crippen LogP contribution in [0.15, 0.2) is 17.0 Å². The summed E-state index contributed by atoms with van der Waals surface area (Å²) < 4.78 is 22.7. The molecule has 0 amide bonds. The average Bonchev–Trinajstić information content (AvgIpc) is 2.14. The van der Waals surface area contributed by atoms with Crippen molar-refractivity contribution in [1.29, 1.82) is 0 Å². The molecule has 3 N–H and O–H groups in total. The molecule has 16 heavy (non-hydrogen) atoms. The largest absolute Gasteiger partial charge is 0.313 e. The van der Waals surface area contributed by atoms with E-state index in [0.29, 0.717) is 12.1 Å². The van der Waals surface area contributed by atoms with Gasteiger partial charge < -0.3 is 5.32 Å². The van der Waals surface area contributed by atoms with Gasteiger partial charge in [0.2, 0.25) is 10.0 Å². The fraction of sp³-hybridized carbons (Fsp3) is 0.455. The van der Waals surface area contributed by atoms with E-state index in [2.05, 4.69) is 5.32 Å². The van der Waals surface area contributed by atoms with Crippen molar-refractivity contribution >= 4 is 10.0 Å². The third-order valence-corrected chi connectivity index (χ3v) is 3.56. The lowest BCUT2D eigenvalue weighted by atomic mass is 10.1. The first-order chi connectivity index (χ1) is 7.36. The van der Waals surface area contributed by atoms with Crippen LogP contribution in [-0.2, 0) is 16.6 Å². The van der Waals surface area contributed by atoms with Crippen LogP contribution in [0.1, 0.15) is 23.6 Å². The first kappa shape index (κ1) is 13.2. The third-order valence-electron chi connectivity index (χ3n) is 2.51. The quantitative estimate of drug-likeness (QED) is 0.829. The Labute approximate surface area is 96.9 Å². The highest BCUT2D eigenvalue weighted by Gasteiger charge is 2.13. The SMILES string of the molecule is CCNCc1cc(S(N)(=O)=O)c(C)cc1C. The van der Waals surface area contributed by atoms with Gasteiger partial charge in [-0.2, -0.15) is 0 Å². The number of sulfonamides is 1. The van der Waals surface area contributed by atoms with Gasteiger partial charge in [0.25, 0.3) is 0 Å². The van der Waals surface area contributed by atoms with Crippen LogP contribution in [-0.4, -0.2) is 15.0 Å². The van der Waals surface area contributed by atoms with E-state index in [-0.39, 0.29) is 4.90 Å². The molecular weight excluding hydrogens is 224 g/mol. The Bertz CT molecular complexity index is 481. The second-order valence-corrected chi connectivity index (χ2v) is 5.40. The van der Waals surface area contributed by atoms with Gasteiger partial charge in [0.05, 0.1) is 4.90 Å². The maximum atomic E-state index is 11.3. The van der Waals surface area contributed by atoms with E-state index < -0.39 is 10.0 Å². The van der Waals surface area contributed by atoms with E-state index in [1.807, 2.05) is 19.9 Å². The molecule has 1 rings (SSSR count). The Balaban J connectivity index is 3.22. The van der Waals surface area contributed by atoms with Gasteiger partial charge in [-0.3, -0.25) is 0 Å². The highest BCUT2D eigenvalue weighted by molar-refractivity contribution is 7.89. The maximum absolute atomic E-state index is 11.3. The molecule has 0 unspecified atom stereocenters. The van der Waals surface area contributed by atoms with Crippen LogP contribution in [0.5, 0.6) is 0 Å². The molecule has 0 saturated carbocycles. The molecule has 0 bridgehead atoms. The summed E-state index contributed by atoms with van der Waals surface area (Å²) in [6, 6.07) is 3.51. The van der Waals surface area contributed by atoms with Crippen LogP contribution in [0, 0.1) is 13.8 Å². The van der Waals surface area contributed by atoms with Crippen LogP contribution in [0.25, 0.3) is 0 Å². The van der Waals surface area contributed by atoms with Crippen LogP contribution < -0.4 is 10.5 Å². The highest BCUT2D eigenvalue weighted by Crippen LogP contribution is 2.19. The minimum absolute atomic E-state index is 0.214. The lowest BCUT2D eigenvalue weighted by molar-refractivity contribution is 0.597. The molecule has 4 nitrogen and oxygen atoms in total. The minimum Gasteiger partial charge on any atom is -0.313 e. The van der Waals surface area contributed by atoms with Crippen molar-refractivity contribution in [1.82, 2.24) is 5.32 Å². The number of aryl methyl sites for hydroxylation is 2. The lowest BCUT2D eigenvalue weighted by Crippen LogP contribution is -2.17. The van der Waals surface area contributed by atoms with Crippen molar-refractivity contribution in [3.8, 4) is 0 Å². The predicted molar refractivity (Wildman–Crippen MR) is 64.7 cm³/mol. The summed E-state index contributed by atoms with van der Waals surface area (Å²) in [6.07, 6.45) is 0. The fourth-order valence-electron chi connectivity index (χ4n) is 1.63. The van der Waals surface area contributed by atoms with E-state index in [1.54, 1.807) is 13.0 Å². The average molecular weight is 242 g/mol. The molecule has 0 aliphatic heterocycles. The number of rotatable bonds is 4. The highest BCUT2D eigenvalue weighted by atomic mass is 32.2. The molecule has 0 radical (unpaired) electrons. The Morgan fingerprint density at radius 1 is 1.25 bits per heavy atom. The van der Waals surface area contributed by atoms with E-state index >= 15 is 0 Å². The Morgan fingerprint density at radius 3 is 2.38 bits per heavy atom. The fourth-order valence-corrected chi connectivity index (χ4v) is 2.45. The lowest BCUT2D eigenvalue weighted by Gasteiger charge is -2.11. The standard InChI is InChI=1S/C11H18N2O2S/c1-4-13-7-10-6-11(16(12,14)15)9(3)5-8(10)2/h5-6,13H,4,7H2,1-3H3,(H2,12,14,15).